The fourth-order valence-electron chi connectivity index (χ4n) is 5.57. The van der Waals surface area contributed by atoms with Crippen LogP contribution in [0.25, 0.3) is 11.1 Å². The predicted molar refractivity (Wildman–Crippen MR) is 151 cm³/mol. The van der Waals surface area contributed by atoms with E-state index < -0.39 is 127 Å². The molecular formula is C29H26O16S. The summed E-state index contributed by atoms with van der Waals surface area (Å²) in [5.74, 6) is -7.07. The molecule has 0 aromatic heterocycles. The normalized spacial score (nSPS) is 22.6. The van der Waals surface area contributed by atoms with Crippen molar-refractivity contribution in [2.75, 3.05) is 6.61 Å². The van der Waals surface area contributed by atoms with E-state index in [1.54, 1.807) is 0 Å². The zero-order valence-electron chi connectivity index (χ0n) is 23.7. The van der Waals surface area contributed by atoms with E-state index in [1.807, 2.05) is 0 Å². The number of carbonyl (C=O) groups is 3. The molecular weight excluding hydrogens is 636 g/mol. The van der Waals surface area contributed by atoms with Gasteiger partial charge in [-0.2, -0.15) is 8.42 Å². The Labute approximate surface area is 259 Å². The fourth-order valence-corrected chi connectivity index (χ4v) is 5.93. The Hall–Kier alpha value is -4.62. The summed E-state index contributed by atoms with van der Waals surface area (Å²) in [6.07, 6.45) is -9.16. The van der Waals surface area contributed by atoms with Gasteiger partial charge in [0, 0.05) is 22.8 Å². The van der Waals surface area contributed by atoms with Gasteiger partial charge in [-0.3, -0.25) is 18.9 Å². The van der Waals surface area contributed by atoms with Crippen LogP contribution in [0.2, 0.25) is 0 Å². The van der Waals surface area contributed by atoms with Crippen LogP contribution in [0, 0.1) is 6.92 Å². The maximum Gasteiger partial charge on any atom is 0.446 e. The number of phenols is 3. The van der Waals surface area contributed by atoms with E-state index in [2.05, 4.69) is 0 Å². The lowest BCUT2D eigenvalue weighted by molar-refractivity contribution is -0.277. The minimum atomic E-state index is -5.44. The zero-order valence-corrected chi connectivity index (χ0v) is 24.5. The minimum absolute atomic E-state index is 0.0615. The molecule has 46 heavy (non-hydrogen) atoms. The third-order valence-corrected chi connectivity index (χ3v) is 7.98. The monoisotopic (exact) mass is 662 g/mol. The van der Waals surface area contributed by atoms with Gasteiger partial charge >= 0.3 is 10.4 Å². The van der Waals surface area contributed by atoms with Crippen LogP contribution >= 0.6 is 0 Å². The standard InChI is InChI=1S/C29H26O16S/c1-9-6-13(33)20-22(23(34)11-4-3-5-12(32)19(11)26(20)37)17(9)21-15(45-46(40,41)42)7-14(18(10(2)31)25(21)36)43-29-28(39)27(38)24(35)16(8-30)44-29/h3-7,16,24,27-30,32-33,35-36,38-39H,8H2,1-2H3,(H,40,41,42). The molecule has 0 spiro atoms. The molecule has 1 aliphatic carbocycles. The number of carbonyl (C=O) groups excluding carboxylic acids is 3. The van der Waals surface area contributed by atoms with Crippen molar-refractivity contribution in [3.8, 4) is 39.9 Å². The van der Waals surface area contributed by atoms with Crippen LogP contribution in [-0.2, 0) is 15.1 Å². The Morgan fingerprint density at radius 1 is 0.870 bits per heavy atom. The molecule has 1 aliphatic heterocycles. The largest absolute Gasteiger partial charge is 0.507 e. The van der Waals surface area contributed by atoms with Gasteiger partial charge in [-0.1, -0.05) is 12.1 Å². The molecule has 17 heteroatoms. The summed E-state index contributed by atoms with van der Waals surface area (Å²) < 4.78 is 49.1. The molecule has 244 valence electrons. The van der Waals surface area contributed by atoms with Gasteiger partial charge in [-0.05, 0) is 31.5 Å². The van der Waals surface area contributed by atoms with Crippen molar-refractivity contribution in [2.45, 2.75) is 44.6 Å². The van der Waals surface area contributed by atoms with E-state index in [4.69, 9.17) is 13.7 Å². The first kappa shape index (κ1) is 32.8. The van der Waals surface area contributed by atoms with Crippen LogP contribution in [0.5, 0.6) is 28.7 Å². The van der Waals surface area contributed by atoms with Crippen LogP contribution in [0.15, 0.2) is 30.3 Å². The molecule has 3 aromatic carbocycles. The summed E-state index contributed by atoms with van der Waals surface area (Å²) in [5.41, 5.74) is -3.90. The Balaban J connectivity index is 1.80. The molecule has 1 fully saturated rings. The van der Waals surface area contributed by atoms with E-state index in [1.165, 1.54) is 19.1 Å². The smallest absolute Gasteiger partial charge is 0.446 e. The number of ether oxygens (including phenoxy) is 2. The van der Waals surface area contributed by atoms with Crippen LogP contribution in [-0.4, -0.2) is 103 Å². The van der Waals surface area contributed by atoms with Gasteiger partial charge in [0.15, 0.2) is 17.3 Å². The van der Waals surface area contributed by atoms with E-state index in [0.717, 1.165) is 19.1 Å². The van der Waals surface area contributed by atoms with Crippen molar-refractivity contribution in [1.29, 1.82) is 0 Å². The fraction of sp³-hybridized carbons (Fsp3) is 0.276. The number of rotatable bonds is 7. The van der Waals surface area contributed by atoms with Crippen molar-refractivity contribution in [1.82, 2.24) is 0 Å². The Morgan fingerprint density at radius 3 is 2.15 bits per heavy atom. The zero-order chi connectivity index (χ0) is 34.0. The second kappa shape index (κ2) is 11.6. The first-order valence-electron chi connectivity index (χ1n) is 13.3. The number of ketones is 3. The van der Waals surface area contributed by atoms with Gasteiger partial charge in [0.25, 0.3) is 0 Å². The summed E-state index contributed by atoms with van der Waals surface area (Å²) in [4.78, 5) is 40.3. The Morgan fingerprint density at radius 2 is 1.54 bits per heavy atom. The van der Waals surface area contributed by atoms with E-state index >= 15 is 0 Å². The van der Waals surface area contributed by atoms with Crippen molar-refractivity contribution in [3.05, 3.63) is 63.7 Å². The molecule has 3 aromatic rings. The highest BCUT2D eigenvalue weighted by Gasteiger charge is 2.46. The molecule has 8 N–H and O–H groups in total. The third-order valence-electron chi connectivity index (χ3n) is 7.59. The van der Waals surface area contributed by atoms with E-state index in [0.29, 0.717) is 6.07 Å². The number of aryl methyl sites for hydroxylation is 1. The highest BCUT2D eigenvalue weighted by Crippen LogP contribution is 2.51. The number of aliphatic hydroxyl groups excluding tert-OH is 4. The second-order valence-electron chi connectivity index (χ2n) is 10.5. The molecule has 1 heterocycles. The van der Waals surface area contributed by atoms with Crippen molar-refractivity contribution < 1.29 is 76.8 Å². The van der Waals surface area contributed by atoms with Crippen molar-refractivity contribution >= 4 is 27.7 Å². The lowest BCUT2D eigenvalue weighted by Gasteiger charge is -2.39. The summed E-state index contributed by atoms with van der Waals surface area (Å²) in [5, 5.41) is 72.8. The van der Waals surface area contributed by atoms with E-state index in [9.17, 15) is 63.1 Å². The number of Topliss-reactive ketones (excluding diaryl/α,β-unsaturated/α-hetero) is 1. The maximum absolute atomic E-state index is 13.8. The maximum atomic E-state index is 13.8. The number of aliphatic hydroxyl groups is 4. The third kappa shape index (κ3) is 5.32. The lowest BCUT2D eigenvalue weighted by atomic mass is 9.77. The molecule has 5 atom stereocenters. The lowest BCUT2D eigenvalue weighted by Crippen LogP contribution is -2.60. The van der Waals surface area contributed by atoms with Crippen LogP contribution in [0.1, 0.15) is 54.7 Å². The molecule has 0 radical (unpaired) electrons. The first-order valence-corrected chi connectivity index (χ1v) is 14.7. The Kier molecular flexibility index (Phi) is 8.28. The van der Waals surface area contributed by atoms with E-state index in [-0.39, 0.29) is 11.1 Å². The van der Waals surface area contributed by atoms with Gasteiger partial charge in [-0.25, -0.2) is 0 Å². The van der Waals surface area contributed by atoms with Crippen LogP contribution < -0.4 is 8.92 Å². The average Bonchev–Trinajstić information content (AvgIpc) is 2.95. The predicted octanol–water partition coefficient (Wildman–Crippen LogP) is 0.117. The summed E-state index contributed by atoms with van der Waals surface area (Å²) in [7, 11) is -5.44. The van der Waals surface area contributed by atoms with Crippen molar-refractivity contribution in [3.63, 3.8) is 0 Å². The summed E-state index contributed by atoms with van der Waals surface area (Å²) in [6, 6.07) is 5.26. The summed E-state index contributed by atoms with van der Waals surface area (Å²) >= 11 is 0. The summed E-state index contributed by atoms with van der Waals surface area (Å²) in [6.45, 7) is 1.38. The molecule has 0 saturated carbocycles. The van der Waals surface area contributed by atoms with Gasteiger partial charge in [-0.15, -0.1) is 0 Å². The average molecular weight is 663 g/mol. The van der Waals surface area contributed by atoms with Gasteiger partial charge in [0.05, 0.1) is 23.3 Å². The minimum Gasteiger partial charge on any atom is -0.507 e. The highest BCUT2D eigenvalue weighted by molar-refractivity contribution is 7.81. The van der Waals surface area contributed by atoms with Crippen LogP contribution in [0.4, 0.5) is 0 Å². The van der Waals surface area contributed by atoms with Crippen molar-refractivity contribution in [2.24, 2.45) is 0 Å². The SMILES string of the molecule is CC(=O)c1c(OC2OC(CO)C(O)C(O)C2O)cc(OS(=O)(=O)O)c(-c2c(C)cc(O)c3c2C(=O)c2cccc(O)c2C3=O)c1O. The molecule has 0 bridgehead atoms. The number of aromatic hydroxyl groups is 3. The topological polar surface area (TPSA) is 275 Å². The van der Waals surface area contributed by atoms with Gasteiger partial charge < -0.3 is 49.4 Å². The molecule has 2 aliphatic rings. The number of phenolic OH excluding ortho intramolecular Hbond substituents is 3. The number of hydrogen-bond acceptors (Lipinski definition) is 15. The second-order valence-corrected chi connectivity index (χ2v) is 11.6. The van der Waals surface area contributed by atoms with Crippen LogP contribution in [0.3, 0.4) is 0 Å². The van der Waals surface area contributed by atoms with Gasteiger partial charge in [0.2, 0.25) is 12.1 Å². The Bertz CT molecular complexity index is 1910. The molecule has 0 amide bonds. The number of hydrogen-bond donors (Lipinski definition) is 8. The quantitative estimate of drug-likeness (QED) is 0.0963. The number of fused-ring (bicyclic) bond motifs is 2. The first-order chi connectivity index (χ1) is 21.5. The van der Waals surface area contributed by atoms with Gasteiger partial charge in [0.1, 0.15) is 53.0 Å². The highest BCUT2D eigenvalue weighted by atomic mass is 32.3. The molecule has 5 unspecified atom stereocenters. The molecule has 1 saturated heterocycles. The number of benzene rings is 3. The molecule has 5 rings (SSSR count). The molecule has 16 nitrogen and oxygen atoms in total.